The predicted octanol–water partition coefficient (Wildman–Crippen LogP) is 14.7. The van der Waals surface area contributed by atoms with Gasteiger partial charge in [0, 0.05) is 12.2 Å². The highest BCUT2D eigenvalue weighted by Gasteiger charge is 1.98. The van der Waals surface area contributed by atoms with Crippen molar-refractivity contribution in [3.05, 3.63) is 24.3 Å². The molecular weight excluding hydrogens is 580 g/mol. The van der Waals surface area contributed by atoms with Crippen LogP contribution in [0.5, 0.6) is 0 Å². The zero-order chi connectivity index (χ0) is 34.1. The van der Waals surface area contributed by atoms with E-state index in [0.717, 1.165) is 25.7 Å². The van der Waals surface area contributed by atoms with E-state index in [2.05, 4.69) is 0 Å². The molecule has 0 aromatic rings. The van der Waals surface area contributed by atoms with Crippen LogP contribution in [-0.4, -0.2) is 22.2 Å². The summed E-state index contributed by atoms with van der Waals surface area (Å²) in [7, 11) is 0. The van der Waals surface area contributed by atoms with Gasteiger partial charge in [0.25, 0.3) is 0 Å². The van der Waals surface area contributed by atoms with Gasteiger partial charge in [0.1, 0.15) is 0 Å². The van der Waals surface area contributed by atoms with E-state index < -0.39 is 11.9 Å². The Morgan fingerprint density at radius 1 is 0.255 bits per heavy atom. The number of aliphatic carboxylic acids is 2. The molecular formula is C43H80O4. The Balaban J connectivity index is 3.08. The number of carboxylic acid groups (broad SMARTS) is 2. The van der Waals surface area contributed by atoms with E-state index in [-0.39, 0.29) is 0 Å². The molecule has 0 spiro atoms. The third-order valence-corrected chi connectivity index (χ3v) is 9.76. The number of unbranched alkanes of at least 4 members (excludes halogenated alkanes) is 36. The summed E-state index contributed by atoms with van der Waals surface area (Å²) in [5.41, 5.74) is 0. The summed E-state index contributed by atoms with van der Waals surface area (Å²) in [5, 5.41) is 17.1. The second-order valence-electron chi connectivity index (χ2n) is 14.4. The van der Waals surface area contributed by atoms with Crippen molar-refractivity contribution in [2.45, 2.75) is 238 Å². The maximum absolute atomic E-state index is 10.4. The predicted molar refractivity (Wildman–Crippen MR) is 204 cm³/mol. The van der Waals surface area contributed by atoms with Gasteiger partial charge in [-0.15, -0.1) is 0 Å². The van der Waals surface area contributed by atoms with Crippen molar-refractivity contribution in [3.63, 3.8) is 0 Å². The maximum atomic E-state index is 10.4. The highest BCUT2D eigenvalue weighted by Crippen LogP contribution is 2.17. The van der Waals surface area contributed by atoms with Crippen LogP contribution in [0.1, 0.15) is 238 Å². The van der Waals surface area contributed by atoms with Gasteiger partial charge in [0.05, 0.1) is 0 Å². The molecule has 276 valence electrons. The number of allylic oxidation sites excluding steroid dienone is 2. The van der Waals surface area contributed by atoms with Crippen LogP contribution in [0.2, 0.25) is 0 Å². The van der Waals surface area contributed by atoms with Gasteiger partial charge in [0.15, 0.2) is 0 Å². The molecule has 0 aliphatic rings. The first-order chi connectivity index (χ1) is 23.1. The molecule has 4 nitrogen and oxygen atoms in total. The van der Waals surface area contributed by atoms with E-state index >= 15 is 0 Å². The summed E-state index contributed by atoms with van der Waals surface area (Å²) >= 11 is 0. The second kappa shape index (κ2) is 40.6. The standard InChI is InChI=1S/C43H80O4/c44-42(45)40-38-36-34-32-30-28-26-24-22-20-18-16-14-12-10-8-6-4-2-1-3-5-7-9-11-13-15-17-19-21-23-25-27-29-31-33-35-37-39-41-43(46)47/h38-41H,1-37H2,(H,44,45)(H,46,47). The molecule has 0 bridgehead atoms. The summed E-state index contributed by atoms with van der Waals surface area (Å²) in [5.74, 6) is -1.67. The molecule has 47 heavy (non-hydrogen) atoms. The minimum absolute atomic E-state index is 0.833. The zero-order valence-corrected chi connectivity index (χ0v) is 31.2. The van der Waals surface area contributed by atoms with Gasteiger partial charge in [-0.2, -0.15) is 0 Å². The van der Waals surface area contributed by atoms with E-state index in [4.69, 9.17) is 10.2 Å². The first kappa shape index (κ1) is 45.4. The summed E-state index contributed by atoms with van der Waals surface area (Å²) in [4.78, 5) is 20.8. The number of hydrogen-bond donors (Lipinski definition) is 2. The van der Waals surface area contributed by atoms with Crippen LogP contribution < -0.4 is 0 Å². The van der Waals surface area contributed by atoms with E-state index in [1.54, 1.807) is 12.2 Å². The number of hydrogen-bond acceptors (Lipinski definition) is 2. The zero-order valence-electron chi connectivity index (χ0n) is 31.2. The fourth-order valence-electron chi connectivity index (χ4n) is 6.73. The van der Waals surface area contributed by atoms with Crippen molar-refractivity contribution in [1.29, 1.82) is 0 Å². The van der Waals surface area contributed by atoms with Gasteiger partial charge in [0.2, 0.25) is 0 Å². The van der Waals surface area contributed by atoms with Crippen LogP contribution in [0.25, 0.3) is 0 Å². The monoisotopic (exact) mass is 661 g/mol. The van der Waals surface area contributed by atoms with Gasteiger partial charge in [-0.3, -0.25) is 0 Å². The molecule has 0 aromatic heterocycles. The summed E-state index contributed by atoms with van der Waals surface area (Å²) in [6, 6.07) is 0. The first-order valence-electron chi connectivity index (χ1n) is 20.9. The first-order valence-corrected chi connectivity index (χ1v) is 20.9. The van der Waals surface area contributed by atoms with E-state index in [1.807, 2.05) is 0 Å². The SMILES string of the molecule is O=C(O)C=CCCCCCCCCCCCCCCCCCCCCCCCCCCCCCCCCCCCCCC=CC(=O)O. The molecule has 0 aliphatic carbocycles. The maximum Gasteiger partial charge on any atom is 0.327 e. The number of carbonyl (C=O) groups is 2. The van der Waals surface area contributed by atoms with E-state index in [9.17, 15) is 9.59 Å². The molecule has 0 atom stereocenters. The fraction of sp³-hybridized carbons (Fsp3) is 0.860. The molecule has 0 amide bonds. The molecule has 0 aromatic carbocycles. The average Bonchev–Trinajstić information content (AvgIpc) is 3.05. The molecule has 0 saturated heterocycles. The molecule has 4 heteroatoms. The number of rotatable bonds is 40. The largest absolute Gasteiger partial charge is 0.478 e. The van der Waals surface area contributed by atoms with Crippen LogP contribution in [-0.2, 0) is 9.59 Å². The highest BCUT2D eigenvalue weighted by atomic mass is 16.4. The number of carboxylic acids is 2. The normalized spacial score (nSPS) is 11.7. The summed E-state index contributed by atoms with van der Waals surface area (Å²) < 4.78 is 0. The molecule has 0 rings (SSSR count). The minimum atomic E-state index is -0.833. The van der Waals surface area contributed by atoms with Gasteiger partial charge in [-0.25, -0.2) is 9.59 Å². The lowest BCUT2D eigenvalue weighted by Gasteiger charge is -2.05. The van der Waals surface area contributed by atoms with Crippen molar-refractivity contribution >= 4 is 11.9 Å². The Labute approximate surface area is 293 Å². The van der Waals surface area contributed by atoms with Crippen molar-refractivity contribution in [3.8, 4) is 0 Å². The van der Waals surface area contributed by atoms with Gasteiger partial charge in [-0.1, -0.05) is 224 Å². The topological polar surface area (TPSA) is 74.6 Å². The molecule has 0 aliphatic heterocycles. The lowest BCUT2D eigenvalue weighted by Crippen LogP contribution is -1.86. The summed E-state index contributed by atoms with van der Waals surface area (Å²) in [6.45, 7) is 0. The Hall–Kier alpha value is -1.58. The lowest BCUT2D eigenvalue weighted by molar-refractivity contribution is -0.132. The molecule has 0 heterocycles. The second-order valence-corrected chi connectivity index (χ2v) is 14.4. The van der Waals surface area contributed by atoms with Crippen LogP contribution in [0.4, 0.5) is 0 Å². The van der Waals surface area contributed by atoms with Crippen LogP contribution in [0.15, 0.2) is 24.3 Å². The van der Waals surface area contributed by atoms with Crippen molar-refractivity contribution in [1.82, 2.24) is 0 Å². The van der Waals surface area contributed by atoms with Crippen LogP contribution >= 0.6 is 0 Å². The van der Waals surface area contributed by atoms with Crippen molar-refractivity contribution in [2.75, 3.05) is 0 Å². The Morgan fingerprint density at radius 2 is 0.383 bits per heavy atom. The molecule has 0 saturated carbocycles. The molecule has 0 radical (unpaired) electrons. The highest BCUT2D eigenvalue weighted by molar-refractivity contribution is 5.79. The van der Waals surface area contributed by atoms with E-state index in [0.29, 0.717) is 0 Å². The quantitative estimate of drug-likeness (QED) is 0.0506. The minimum Gasteiger partial charge on any atom is -0.478 e. The molecule has 0 unspecified atom stereocenters. The molecule has 0 fully saturated rings. The van der Waals surface area contributed by atoms with Crippen molar-refractivity contribution < 1.29 is 19.8 Å². The van der Waals surface area contributed by atoms with Gasteiger partial charge < -0.3 is 10.2 Å². The van der Waals surface area contributed by atoms with Crippen LogP contribution in [0, 0.1) is 0 Å². The van der Waals surface area contributed by atoms with Gasteiger partial charge >= 0.3 is 11.9 Å². The van der Waals surface area contributed by atoms with Crippen LogP contribution in [0.3, 0.4) is 0 Å². The molecule has 2 N–H and O–H groups in total. The smallest absolute Gasteiger partial charge is 0.327 e. The van der Waals surface area contributed by atoms with E-state index in [1.165, 1.54) is 224 Å². The third-order valence-electron chi connectivity index (χ3n) is 9.76. The Bertz CT molecular complexity index is 640. The van der Waals surface area contributed by atoms with Gasteiger partial charge in [-0.05, 0) is 25.7 Å². The van der Waals surface area contributed by atoms with Crippen molar-refractivity contribution in [2.24, 2.45) is 0 Å². The Kier molecular flexibility index (Phi) is 39.2. The third kappa shape index (κ3) is 44.4. The lowest BCUT2D eigenvalue weighted by atomic mass is 10.0. The summed E-state index contributed by atoms with van der Waals surface area (Å²) in [6.07, 6.45) is 56.6. The fourth-order valence-corrected chi connectivity index (χ4v) is 6.73. The average molecular weight is 661 g/mol. The Morgan fingerprint density at radius 3 is 0.511 bits per heavy atom.